The van der Waals surface area contributed by atoms with Crippen LogP contribution in [0.1, 0.15) is 33.6 Å². The molecule has 68 valence electrons. The zero-order valence-corrected chi connectivity index (χ0v) is 7.93. The van der Waals surface area contributed by atoms with Crippen molar-refractivity contribution in [2.75, 3.05) is 13.2 Å². The van der Waals surface area contributed by atoms with Gasteiger partial charge in [-0.2, -0.15) is 0 Å². The van der Waals surface area contributed by atoms with Crippen LogP contribution in [0.15, 0.2) is 0 Å². The molecular formula is C9H21NO. The van der Waals surface area contributed by atoms with Gasteiger partial charge in [0.25, 0.3) is 0 Å². The molecule has 0 heterocycles. The zero-order chi connectivity index (χ0) is 8.91. The number of nitrogens with two attached hydrogens (primary N) is 1. The molecule has 2 atom stereocenters. The fourth-order valence-corrected chi connectivity index (χ4v) is 1.30. The summed E-state index contributed by atoms with van der Waals surface area (Å²) in [5.41, 5.74) is 5.79. The van der Waals surface area contributed by atoms with Gasteiger partial charge < -0.3 is 10.8 Å². The molecule has 11 heavy (non-hydrogen) atoms. The lowest BCUT2D eigenvalue weighted by atomic mass is 9.74. The van der Waals surface area contributed by atoms with Crippen LogP contribution in [0.25, 0.3) is 0 Å². The maximum atomic E-state index is 8.82. The molecule has 0 aliphatic rings. The number of rotatable bonds is 5. The minimum Gasteiger partial charge on any atom is -0.396 e. The lowest BCUT2D eigenvalue weighted by molar-refractivity contribution is 0.140. The second-order valence-corrected chi connectivity index (χ2v) is 3.64. The third-order valence-corrected chi connectivity index (χ3v) is 2.95. The third-order valence-electron chi connectivity index (χ3n) is 2.95. The summed E-state index contributed by atoms with van der Waals surface area (Å²) >= 11 is 0. The van der Waals surface area contributed by atoms with Crippen LogP contribution in [0.3, 0.4) is 0 Å². The van der Waals surface area contributed by atoms with Gasteiger partial charge in [-0.3, -0.25) is 0 Å². The van der Waals surface area contributed by atoms with E-state index in [-0.39, 0.29) is 12.0 Å². The molecule has 0 aliphatic carbocycles. The predicted molar refractivity (Wildman–Crippen MR) is 48.3 cm³/mol. The average Bonchev–Trinajstić information content (AvgIpc) is 2.03. The zero-order valence-electron chi connectivity index (χ0n) is 7.93. The van der Waals surface area contributed by atoms with E-state index in [1.54, 1.807) is 0 Å². The first kappa shape index (κ1) is 10.9. The van der Waals surface area contributed by atoms with Crippen LogP contribution in [0.2, 0.25) is 0 Å². The Hall–Kier alpha value is -0.0800. The van der Waals surface area contributed by atoms with Crippen molar-refractivity contribution in [2.45, 2.75) is 33.6 Å². The molecule has 0 aliphatic heterocycles. The summed E-state index contributed by atoms with van der Waals surface area (Å²) in [7, 11) is 0. The van der Waals surface area contributed by atoms with E-state index in [0.717, 1.165) is 12.8 Å². The SMILES string of the molecule is CCC(C)C(C)(CN)CCO. The van der Waals surface area contributed by atoms with Gasteiger partial charge in [0, 0.05) is 6.61 Å². The Balaban J connectivity index is 4.07. The molecule has 3 N–H and O–H groups in total. The molecule has 0 amide bonds. The molecule has 0 bridgehead atoms. The summed E-state index contributed by atoms with van der Waals surface area (Å²) in [6.45, 7) is 7.43. The van der Waals surface area contributed by atoms with Crippen molar-refractivity contribution in [3.05, 3.63) is 0 Å². The molecule has 0 aromatic carbocycles. The fourth-order valence-electron chi connectivity index (χ4n) is 1.30. The summed E-state index contributed by atoms with van der Waals surface area (Å²) in [5.74, 6) is 0.597. The molecular weight excluding hydrogens is 138 g/mol. The summed E-state index contributed by atoms with van der Waals surface area (Å²) in [6.07, 6.45) is 1.95. The van der Waals surface area contributed by atoms with E-state index >= 15 is 0 Å². The summed E-state index contributed by atoms with van der Waals surface area (Å²) in [5, 5.41) is 8.82. The van der Waals surface area contributed by atoms with Crippen LogP contribution < -0.4 is 5.73 Å². The average molecular weight is 159 g/mol. The van der Waals surface area contributed by atoms with Crippen molar-refractivity contribution < 1.29 is 5.11 Å². The lowest BCUT2D eigenvalue weighted by Gasteiger charge is -2.33. The van der Waals surface area contributed by atoms with Gasteiger partial charge in [0.1, 0.15) is 0 Å². The number of aliphatic hydroxyl groups is 1. The van der Waals surface area contributed by atoms with Gasteiger partial charge in [-0.1, -0.05) is 27.2 Å². The number of aliphatic hydroxyl groups excluding tert-OH is 1. The van der Waals surface area contributed by atoms with E-state index in [4.69, 9.17) is 10.8 Å². The maximum Gasteiger partial charge on any atom is 0.0436 e. The minimum absolute atomic E-state index is 0.128. The van der Waals surface area contributed by atoms with Crippen LogP contribution in [0, 0.1) is 11.3 Å². The minimum atomic E-state index is 0.128. The smallest absolute Gasteiger partial charge is 0.0436 e. The highest BCUT2D eigenvalue weighted by Crippen LogP contribution is 2.31. The van der Waals surface area contributed by atoms with Gasteiger partial charge in [0.15, 0.2) is 0 Å². The van der Waals surface area contributed by atoms with Crippen LogP contribution in [0.4, 0.5) is 0 Å². The summed E-state index contributed by atoms with van der Waals surface area (Å²) in [4.78, 5) is 0. The summed E-state index contributed by atoms with van der Waals surface area (Å²) in [6, 6.07) is 0. The monoisotopic (exact) mass is 159 g/mol. The van der Waals surface area contributed by atoms with E-state index in [9.17, 15) is 0 Å². The van der Waals surface area contributed by atoms with Crippen molar-refractivity contribution in [3.63, 3.8) is 0 Å². The van der Waals surface area contributed by atoms with Crippen molar-refractivity contribution >= 4 is 0 Å². The van der Waals surface area contributed by atoms with Gasteiger partial charge in [0.05, 0.1) is 0 Å². The maximum absolute atomic E-state index is 8.82. The molecule has 0 aromatic heterocycles. The van der Waals surface area contributed by atoms with Gasteiger partial charge in [-0.05, 0) is 24.3 Å². The fraction of sp³-hybridized carbons (Fsp3) is 1.00. The molecule has 0 fully saturated rings. The molecule has 0 saturated heterocycles. The first-order chi connectivity index (χ1) is 5.10. The summed E-state index contributed by atoms with van der Waals surface area (Å²) < 4.78 is 0. The van der Waals surface area contributed by atoms with Crippen molar-refractivity contribution in [2.24, 2.45) is 17.1 Å². The Labute approximate surface area is 69.8 Å². The van der Waals surface area contributed by atoms with E-state index in [0.29, 0.717) is 12.5 Å². The largest absolute Gasteiger partial charge is 0.396 e. The normalized spacial score (nSPS) is 19.4. The highest BCUT2D eigenvalue weighted by atomic mass is 16.3. The highest BCUT2D eigenvalue weighted by Gasteiger charge is 2.27. The van der Waals surface area contributed by atoms with Crippen molar-refractivity contribution in [1.82, 2.24) is 0 Å². The van der Waals surface area contributed by atoms with Crippen molar-refractivity contribution in [3.8, 4) is 0 Å². The molecule has 0 saturated carbocycles. The molecule has 0 radical (unpaired) electrons. The van der Waals surface area contributed by atoms with Gasteiger partial charge in [-0.25, -0.2) is 0 Å². The van der Waals surface area contributed by atoms with E-state index in [2.05, 4.69) is 20.8 Å². The van der Waals surface area contributed by atoms with E-state index in [1.807, 2.05) is 0 Å². The van der Waals surface area contributed by atoms with E-state index < -0.39 is 0 Å². The Morgan fingerprint density at radius 3 is 2.36 bits per heavy atom. The Morgan fingerprint density at radius 1 is 1.55 bits per heavy atom. The Morgan fingerprint density at radius 2 is 2.09 bits per heavy atom. The van der Waals surface area contributed by atoms with E-state index in [1.165, 1.54) is 0 Å². The first-order valence-electron chi connectivity index (χ1n) is 4.41. The molecule has 0 aromatic rings. The quantitative estimate of drug-likeness (QED) is 0.636. The second kappa shape index (κ2) is 4.73. The van der Waals surface area contributed by atoms with Crippen LogP contribution >= 0.6 is 0 Å². The predicted octanol–water partition coefficient (Wildman–Crippen LogP) is 1.38. The molecule has 2 nitrogen and oxygen atoms in total. The van der Waals surface area contributed by atoms with Crippen LogP contribution in [0.5, 0.6) is 0 Å². The van der Waals surface area contributed by atoms with Crippen molar-refractivity contribution in [1.29, 1.82) is 0 Å². The standard InChI is InChI=1S/C9H21NO/c1-4-8(2)9(3,7-10)5-6-11/h8,11H,4-7,10H2,1-3H3. The van der Waals surface area contributed by atoms with Crippen LogP contribution in [-0.2, 0) is 0 Å². The second-order valence-electron chi connectivity index (χ2n) is 3.64. The van der Waals surface area contributed by atoms with Gasteiger partial charge in [-0.15, -0.1) is 0 Å². The molecule has 0 spiro atoms. The lowest BCUT2D eigenvalue weighted by Crippen LogP contribution is -2.34. The number of hydrogen-bond donors (Lipinski definition) is 2. The topological polar surface area (TPSA) is 46.2 Å². The Kier molecular flexibility index (Phi) is 4.69. The van der Waals surface area contributed by atoms with Gasteiger partial charge in [0.2, 0.25) is 0 Å². The third kappa shape index (κ3) is 2.80. The molecule has 2 unspecified atom stereocenters. The molecule has 2 heteroatoms. The Bertz CT molecular complexity index is 106. The first-order valence-corrected chi connectivity index (χ1v) is 4.41. The van der Waals surface area contributed by atoms with Crippen LogP contribution in [-0.4, -0.2) is 18.3 Å². The molecule has 0 rings (SSSR count). The number of hydrogen-bond acceptors (Lipinski definition) is 2. The van der Waals surface area contributed by atoms with Gasteiger partial charge >= 0.3 is 0 Å². The highest BCUT2D eigenvalue weighted by molar-refractivity contribution is 4.79.